The van der Waals surface area contributed by atoms with Crippen LogP contribution in [-0.2, 0) is 4.79 Å². The van der Waals surface area contributed by atoms with E-state index >= 15 is 0 Å². The van der Waals surface area contributed by atoms with Crippen LogP contribution in [0, 0.1) is 17.3 Å². The van der Waals surface area contributed by atoms with Crippen molar-refractivity contribution in [3.05, 3.63) is 35.9 Å². The van der Waals surface area contributed by atoms with E-state index in [9.17, 15) is 30.0 Å². The highest BCUT2D eigenvalue weighted by Gasteiger charge is 2.41. The van der Waals surface area contributed by atoms with Gasteiger partial charge in [0.25, 0.3) is 0 Å². The third-order valence-electron chi connectivity index (χ3n) is 5.85. The number of aliphatic carboxylic acids is 1. The maximum atomic E-state index is 12.4. The topological polar surface area (TPSA) is 115 Å². The number of carbonyl (C=O) groups is 2. The van der Waals surface area contributed by atoms with E-state index in [1.807, 2.05) is 13.8 Å². The van der Waals surface area contributed by atoms with Crippen molar-refractivity contribution >= 4 is 11.8 Å². The Morgan fingerprint density at radius 1 is 1.30 bits per heavy atom. The first-order chi connectivity index (χ1) is 12.5. The highest BCUT2D eigenvalue weighted by atomic mass is 16.4. The summed E-state index contributed by atoms with van der Waals surface area (Å²) in [5.74, 6) is -3.00. The SMILES string of the molecule is C=C1CCC(O)C(C)(C)C1CCC(CC(=O)c1cc(O)ccc1O)C(=O)O. The lowest BCUT2D eigenvalue weighted by Gasteiger charge is -2.44. The maximum absolute atomic E-state index is 12.4. The van der Waals surface area contributed by atoms with E-state index in [-0.39, 0.29) is 35.8 Å². The molecule has 148 valence electrons. The molecule has 0 spiro atoms. The van der Waals surface area contributed by atoms with Gasteiger partial charge in [0.1, 0.15) is 11.5 Å². The van der Waals surface area contributed by atoms with E-state index in [1.54, 1.807) is 0 Å². The van der Waals surface area contributed by atoms with E-state index in [4.69, 9.17) is 0 Å². The molecule has 0 amide bonds. The first kappa shape index (κ1) is 21.0. The van der Waals surface area contributed by atoms with Gasteiger partial charge >= 0.3 is 5.97 Å². The van der Waals surface area contributed by atoms with Crippen molar-refractivity contribution in [2.45, 2.75) is 52.1 Å². The summed E-state index contributed by atoms with van der Waals surface area (Å²) >= 11 is 0. The van der Waals surface area contributed by atoms with Crippen molar-refractivity contribution in [2.24, 2.45) is 17.3 Å². The minimum absolute atomic E-state index is 0.0209. The molecule has 4 N–H and O–H groups in total. The Bertz CT molecular complexity index is 736. The summed E-state index contributed by atoms with van der Waals surface area (Å²) in [7, 11) is 0. The third kappa shape index (κ3) is 4.69. The second kappa shape index (κ2) is 8.13. The second-order valence-corrected chi connectivity index (χ2v) is 8.03. The van der Waals surface area contributed by atoms with Gasteiger partial charge in [-0.3, -0.25) is 9.59 Å². The Labute approximate surface area is 159 Å². The third-order valence-corrected chi connectivity index (χ3v) is 5.85. The monoisotopic (exact) mass is 376 g/mol. The maximum Gasteiger partial charge on any atom is 0.306 e. The van der Waals surface area contributed by atoms with Gasteiger partial charge in [0.15, 0.2) is 5.78 Å². The fourth-order valence-corrected chi connectivity index (χ4v) is 3.96. The number of phenolic OH excluding ortho intramolecular Hbond substituents is 2. The van der Waals surface area contributed by atoms with Gasteiger partial charge in [-0.1, -0.05) is 26.0 Å². The minimum atomic E-state index is -1.08. The first-order valence-corrected chi connectivity index (χ1v) is 9.17. The highest BCUT2D eigenvalue weighted by molar-refractivity contribution is 6.00. The molecule has 27 heavy (non-hydrogen) atoms. The Kier molecular flexibility index (Phi) is 6.31. The summed E-state index contributed by atoms with van der Waals surface area (Å²) < 4.78 is 0. The molecule has 1 aromatic rings. The van der Waals surface area contributed by atoms with Gasteiger partial charge in [-0.05, 0) is 55.2 Å². The first-order valence-electron chi connectivity index (χ1n) is 9.17. The van der Waals surface area contributed by atoms with Gasteiger partial charge in [0, 0.05) is 6.42 Å². The quantitative estimate of drug-likeness (QED) is 0.329. The molecule has 0 aromatic heterocycles. The summed E-state index contributed by atoms with van der Waals surface area (Å²) in [5.41, 5.74) is 0.525. The molecule has 1 fully saturated rings. The summed E-state index contributed by atoms with van der Waals surface area (Å²) in [6.45, 7) is 8.01. The molecule has 0 aliphatic heterocycles. The number of hydrogen-bond donors (Lipinski definition) is 4. The number of ketones is 1. The number of carbonyl (C=O) groups excluding carboxylic acids is 1. The van der Waals surface area contributed by atoms with Gasteiger partial charge in [-0.25, -0.2) is 0 Å². The highest BCUT2D eigenvalue weighted by Crippen LogP contribution is 2.46. The minimum Gasteiger partial charge on any atom is -0.508 e. The number of allylic oxidation sites excluding steroid dienone is 1. The number of carboxylic acid groups (broad SMARTS) is 1. The molecule has 1 aromatic carbocycles. The van der Waals surface area contributed by atoms with Crippen LogP contribution in [0.5, 0.6) is 11.5 Å². The molecule has 0 bridgehead atoms. The Hall–Kier alpha value is -2.34. The van der Waals surface area contributed by atoms with Crippen molar-refractivity contribution in [3.8, 4) is 11.5 Å². The zero-order valence-electron chi connectivity index (χ0n) is 15.8. The van der Waals surface area contributed by atoms with E-state index in [1.165, 1.54) is 12.1 Å². The normalized spacial score (nSPS) is 23.0. The summed E-state index contributed by atoms with van der Waals surface area (Å²) in [5, 5.41) is 39.1. The zero-order valence-corrected chi connectivity index (χ0v) is 15.8. The Balaban J connectivity index is 2.09. The number of Topliss-reactive ketones (excluding diaryl/α,β-unsaturated/α-hetero) is 1. The van der Waals surface area contributed by atoms with Crippen LogP contribution in [0.25, 0.3) is 0 Å². The predicted octanol–water partition coefficient (Wildman–Crippen LogP) is 3.50. The van der Waals surface area contributed by atoms with Gasteiger partial charge in [-0.2, -0.15) is 0 Å². The van der Waals surface area contributed by atoms with Crippen LogP contribution in [0.4, 0.5) is 0 Å². The molecule has 1 aliphatic rings. The number of hydrogen-bond acceptors (Lipinski definition) is 5. The lowest BCUT2D eigenvalue weighted by Crippen LogP contribution is -2.41. The number of aliphatic hydroxyl groups excluding tert-OH is 1. The van der Waals surface area contributed by atoms with Crippen LogP contribution in [-0.4, -0.2) is 38.3 Å². The molecule has 3 unspecified atom stereocenters. The second-order valence-electron chi connectivity index (χ2n) is 8.03. The smallest absolute Gasteiger partial charge is 0.306 e. The number of carboxylic acids is 1. The van der Waals surface area contributed by atoms with Crippen molar-refractivity contribution < 1.29 is 30.0 Å². The Morgan fingerprint density at radius 3 is 2.59 bits per heavy atom. The molecule has 1 aliphatic carbocycles. The number of aliphatic hydroxyl groups is 1. The molecule has 1 saturated carbocycles. The molecule has 6 heteroatoms. The summed E-state index contributed by atoms with van der Waals surface area (Å²) in [4.78, 5) is 24.1. The van der Waals surface area contributed by atoms with Crippen LogP contribution in [0.1, 0.15) is 56.3 Å². The lowest BCUT2D eigenvalue weighted by atomic mass is 9.63. The van der Waals surface area contributed by atoms with Gasteiger partial charge < -0.3 is 20.4 Å². The van der Waals surface area contributed by atoms with Crippen LogP contribution >= 0.6 is 0 Å². The number of phenols is 2. The standard InChI is InChI=1S/C21H28O6/c1-12-4-9-19(25)21(2,3)16(12)7-5-13(20(26)27)10-18(24)15-11-14(22)6-8-17(15)23/h6,8,11,13,16,19,22-23,25H,1,4-5,7,9-10H2,2-3H3,(H,26,27). The van der Waals surface area contributed by atoms with Crippen molar-refractivity contribution in [1.29, 1.82) is 0 Å². The lowest BCUT2D eigenvalue weighted by molar-refractivity contribution is -0.142. The van der Waals surface area contributed by atoms with Crippen molar-refractivity contribution in [1.82, 2.24) is 0 Å². The van der Waals surface area contributed by atoms with Gasteiger partial charge in [-0.15, -0.1) is 0 Å². The fourth-order valence-electron chi connectivity index (χ4n) is 3.96. The number of benzene rings is 1. The van der Waals surface area contributed by atoms with Crippen LogP contribution < -0.4 is 0 Å². The van der Waals surface area contributed by atoms with Gasteiger partial charge in [0.2, 0.25) is 0 Å². The van der Waals surface area contributed by atoms with E-state index in [0.717, 1.165) is 11.6 Å². The molecule has 0 radical (unpaired) electrons. The molecule has 0 saturated heterocycles. The summed E-state index contributed by atoms with van der Waals surface area (Å²) in [6.07, 6.45) is 1.40. The van der Waals surface area contributed by atoms with E-state index in [0.29, 0.717) is 19.3 Å². The van der Waals surface area contributed by atoms with Crippen molar-refractivity contribution in [2.75, 3.05) is 0 Å². The number of rotatable bonds is 7. The van der Waals surface area contributed by atoms with Crippen LogP contribution in [0.2, 0.25) is 0 Å². The van der Waals surface area contributed by atoms with Crippen LogP contribution in [0.3, 0.4) is 0 Å². The van der Waals surface area contributed by atoms with E-state index < -0.39 is 29.2 Å². The van der Waals surface area contributed by atoms with Crippen LogP contribution in [0.15, 0.2) is 30.4 Å². The largest absolute Gasteiger partial charge is 0.508 e. The average Bonchev–Trinajstić information content (AvgIpc) is 2.59. The predicted molar refractivity (Wildman–Crippen MR) is 101 cm³/mol. The van der Waals surface area contributed by atoms with E-state index in [2.05, 4.69) is 6.58 Å². The Morgan fingerprint density at radius 2 is 1.96 bits per heavy atom. The fraction of sp³-hybridized carbons (Fsp3) is 0.524. The molecule has 6 nitrogen and oxygen atoms in total. The molecule has 3 atom stereocenters. The zero-order chi connectivity index (χ0) is 20.4. The molecule has 0 heterocycles. The van der Waals surface area contributed by atoms with Gasteiger partial charge in [0.05, 0.1) is 17.6 Å². The molecular weight excluding hydrogens is 348 g/mol. The number of aromatic hydroxyl groups is 2. The van der Waals surface area contributed by atoms with Crippen molar-refractivity contribution in [3.63, 3.8) is 0 Å². The molecule has 2 rings (SSSR count). The molecular formula is C21H28O6. The average molecular weight is 376 g/mol. The summed E-state index contributed by atoms with van der Waals surface area (Å²) in [6, 6.07) is 3.59.